The van der Waals surface area contributed by atoms with Crippen LogP contribution in [-0.4, -0.2) is 39.0 Å². The first-order chi connectivity index (χ1) is 16.9. The van der Waals surface area contributed by atoms with E-state index >= 15 is 0 Å². The van der Waals surface area contributed by atoms with Gasteiger partial charge >= 0.3 is 0 Å². The molecule has 9 nitrogen and oxygen atoms in total. The Bertz CT molecular complexity index is 1280. The maximum Gasteiger partial charge on any atom is 0.290 e. The second kappa shape index (κ2) is 12.7. The molecule has 11 heteroatoms. The van der Waals surface area contributed by atoms with E-state index < -0.39 is 23.5 Å². The van der Waals surface area contributed by atoms with Gasteiger partial charge in [0, 0.05) is 11.9 Å². The van der Waals surface area contributed by atoms with E-state index in [1.807, 2.05) is 6.92 Å². The van der Waals surface area contributed by atoms with Crippen LogP contribution in [0.15, 0.2) is 53.3 Å². The molecule has 0 bridgehead atoms. The normalized spacial score (nSPS) is 10.7. The van der Waals surface area contributed by atoms with Crippen LogP contribution in [0, 0.1) is 5.82 Å². The minimum absolute atomic E-state index is 0.0221. The molecule has 0 aliphatic carbocycles. The first-order valence-electron chi connectivity index (χ1n) is 11.1. The molecule has 0 aliphatic rings. The van der Waals surface area contributed by atoms with Gasteiger partial charge in [-0.3, -0.25) is 30.0 Å². The second-order valence-electron chi connectivity index (χ2n) is 7.65. The molecule has 0 saturated carbocycles. The van der Waals surface area contributed by atoms with E-state index in [0.29, 0.717) is 17.3 Å². The number of anilines is 1. The third-order valence-electron chi connectivity index (χ3n) is 4.99. The Morgan fingerprint density at radius 3 is 2.37 bits per heavy atom. The van der Waals surface area contributed by atoms with Crippen LogP contribution in [0.5, 0.6) is 0 Å². The molecule has 0 saturated heterocycles. The molecule has 0 spiro atoms. The number of para-hydroxylation sites is 1. The Labute approximate surface area is 205 Å². The minimum atomic E-state index is -0.666. The number of aromatic nitrogens is 2. The molecule has 0 atom stereocenters. The van der Waals surface area contributed by atoms with Gasteiger partial charge in [0.05, 0.1) is 22.6 Å². The van der Waals surface area contributed by atoms with Crippen molar-refractivity contribution in [1.29, 1.82) is 0 Å². The summed E-state index contributed by atoms with van der Waals surface area (Å²) in [5.41, 5.74) is 4.40. The number of aryl methyl sites for hydroxylation is 1. The molecule has 0 radical (unpaired) electrons. The summed E-state index contributed by atoms with van der Waals surface area (Å²) in [4.78, 5) is 49.5. The number of carbonyl (C=O) groups is 3. The monoisotopic (exact) mass is 499 g/mol. The van der Waals surface area contributed by atoms with E-state index in [-0.39, 0.29) is 28.4 Å². The van der Waals surface area contributed by atoms with Crippen molar-refractivity contribution in [3.63, 3.8) is 0 Å². The highest BCUT2D eigenvalue weighted by molar-refractivity contribution is 8.00. The Hall–Kier alpha value is -3.73. The third-order valence-corrected chi connectivity index (χ3v) is 5.92. The largest absolute Gasteiger partial charge is 0.323 e. The number of fused-ring (bicyclic) bond motifs is 1. The van der Waals surface area contributed by atoms with Gasteiger partial charge < -0.3 is 5.32 Å². The number of nitrogens with one attached hydrogen (secondary N) is 3. The number of nitrogens with zero attached hydrogens (tertiary/aromatic N) is 2. The van der Waals surface area contributed by atoms with Crippen LogP contribution >= 0.6 is 11.8 Å². The smallest absolute Gasteiger partial charge is 0.290 e. The average molecular weight is 500 g/mol. The number of benzene rings is 2. The van der Waals surface area contributed by atoms with Gasteiger partial charge in [-0.15, -0.1) is 11.8 Å². The van der Waals surface area contributed by atoms with E-state index in [1.165, 1.54) is 22.9 Å². The molecule has 1 heterocycles. The maximum absolute atomic E-state index is 13.6. The molecule has 3 amide bonds. The van der Waals surface area contributed by atoms with Crippen molar-refractivity contribution in [2.24, 2.45) is 0 Å². The molecule has 3 N–H and O–H groups in total. The highest BCUT2D eigenvalue weighted by Crippen LogP contribution is 2.14. The standard InChI is InChI=1S/C24H26FN5O4S/c1-2-3-8-13-30-24(34)17-10-5-4-9-16(17)22(29-30)23(33)28-27-21(32)15-35-14-20(31)26-19-12-7-6-11-18(19)25/h4-7,9-12H,2-3,8,13-15H2,1H3,(H,26,31)(H,27,32)(H,28,33). The Morgan fingerprint density at radius 2 is 1.63 bits per heavy atom. The van der Waals surface area contributed by atoms with Gasteiger partial charge in [0.2, 0.25) is 11.8 Å². The van der Waals surface area contributed by atoms with Gasteiger partial charge in [0.25, 0.3) is 11.5 Å². The van der Waals surface area contributed by atoms with Crippen molar-refractivity contribution in [3.05, 3.63) is 70.4 Å². The second-order valence-corrected chi connectivity index (χ2v) is 8.64. The van der Waals surface area contributed by atoms with Gasteiger partial charge in [0.15, 0.2) is 5.69 Å². The molecule has 35 heavy (non-hydrogen) atoms. The van der Waals surface area contributed by atoms with E-state index in [4.69, 9.17) is 0 Å². The number of hydrogen-bond acceptors (Lipinski definition) is 6. The Kier molecular flexibility index (Phi) is 9.36. The lowest BCUT2D eigenvalue weighted by Crippen LogP contribution is -2.43. The fourth-order valence-electron chi connectivity index (χ4n) is 3.27. The zero-order valence-electron chi connectivity index (χ0n) is 19.2. The lowest BCUT2D eigenvalue weighted by molar-refractivity contribution is -0.119. The number of amides is 3. The van der Waals surface area contributed by atoms with Gasteiger partial charge in [-0.2, -0.15) is 5.10 Å². The van der Waals surface area contributed by atoms with Crippen LogP contribution in [-0.2, 0) is 16.1 Å². The summed E-state index contributed by atoms with van der Waals surface area (Å²) in [5, 5.41) is 7.41. The first kappa shape index (κ1) is 25.9. The number of thioether (sulfide) groups is 1. The molecular formula is C24H26FN5O4S. The summed E-state index contributed by atoms with van der Waals surface area (Å²) >= 11 is 1.00. The number of halogens is 1. The van der Waals surface area contributed by atoms with Crippen molar-refractivity contribution >= 4 is 45.9 Å². The lowest BCUT2D eigenvalue weighted by Gasteiger charge is -2.12. The van der Waals surface area contributed by atoms with Gasteiger partial charge in [-0.1, -0.05) is 50.1 Å². The fraction of sp³-hybridized carbons (Fsp3) is 0.292. The Balaban J connectivity index is 1.55. The van der Waals surface area contributed by atoms with Gasteiger partial charge in [-0.05, 0) is 24.6 Å². The molecule has 184 valence electrons. The average Bonchev–Trinajstić information content (AvgIpc) is 2.85. The van der Waals surface area contributed by atoms with Gasteiger partial charge in [-0.25, -0.2) is 9.07 Å². The molecule has 0 aliphatic heterocycles. The summed E-state index contributed by atoms with van der Waals surface area (Å²) in [6.07, 6.45) is 2.65. The minimum Gasteiger partial charge on any atom is -0.323 e. The first-order valence-corrected chi connectivity index (χ1v) is 12.3. The molecular weight excluding hydrogens is 473 g/mol. The number of carbonyl (C=O) groups excluding carboxylic acids is 3. The molecule has 3 rings (SSSR count). The van der Waals surface area contributed by atoms with Crippen molar-refractivity contribution in [2.75, 3.05) is 16.8 Å². The third kappa shape index (κ3) is 7.12. The van der Waals surface area contributed by atoms with Crippen molar-refractivity contribution in [1.82, 2.24) is 20.6 Å². The molecule has 0 fully saturated rings. The van der Waals surface area contributed by atoms with Crippen LogP contribution in [0.25, 0.3) is 10.8 Å². The summed E-state index contributed by atoms with van der Waals surface area (Å²) in [6, 6.07) is 12.4. The van der Waals surface area contributed by atoms with Crippen LogP contribution in [0.4, 0.5) is 10.1 Å². The van der Waals surface area contributed by atoms with Crippen molar-refractivity contribution < 1.29 is 18.8 Å². The van der Waals surface area contributed by atoms with E-state index in [2.05, 4.69) is 21.3 Å². The number of unbranched alkanes of at least 4 members (excludes halogenated alkanes) is 2. The molecule has 3 aromatic rings. The number of hydrazine groups is 1. The van der Waals surface area contributed by atoms with E-state index in [9.17, 15) is 23.6 Å². The summed E-state index contributed by atoms with van der Waals surface area (Å²) in [5.74, 6) is -2.41. The maximum atomic E-state index is 13.6. The molecule has 0 unspecified atom stereocenters. The number of rotatable bonds is 10. The lowest BCUT2D eigenvalue weighted by atomic mass is 10.1. The topological polar surface area (TPSA) is 122 Å². The zero-order valence-corrected chi connectivity index (χ0v) is 20.0. The SMILES string of the molecule is CCCCCn1nc(C(=O)NNC(=O)CSCC(=O)Nc2ccccc2F)c2ccccc2c1=O. The highest BCUT2D eigenvalue weighted by atomic mass is 32.2. The molecule has 2 aromatic carbocycles. The summed E-state index contributed by atoms with van der Waals surface area (Å²) in [6.45, 7) is 2.43. The predicted molar refractivity (Wildman–Crippen MR) is 133 cm³/mol. The quantitative estimate of drug-likeness (QED) is 0.291. The van der Waals surface area contributed by atoms with Crippen LogP contribution in [0.3, 0.4) is 0 Å². The fourth-order valence-corrected chi connectivity index (χ4v) is 3.89. The van der Waals surface area contributed by atoms with E-state index in [0.717, 1.165) is 31.0 Å². The predicted octanol–water partition coefficient (Wildman–Crippen LogP) is 2.86. The molecule has 1 aromatic heterocycles. The van der Waals surface area contributed by atoms with Crippen LogP contribution in [0.1, 0.15) is 36.7 Å². The Morgan fingerprint density at radius 1 is 0.943 bits per heavy atom. The summed E-state index contributed by atoms with van der Waals surface area (Å²) < 4.78 is 14.9. The van der Waals surface area contributed by atoms with Crippen molar-refractivity contribution in [3.8, 4) is 0 Å². The van der Waals surface area contributed by atoms with Crippen molar-refractivity contribution in [2.45, 2.75) is 32.7 Å². The van der Waals surface area contributed by atoms with Crippen LogP contribution < -0.4 is 21.7 Å². The zero-order chi connectivity index (χ0) is 25.2. The van der Waals surface area contributed by atoms with E-state index in [1.54, 1.807) is 30.3 Å². The number of hydrogen-bond donors (Lipinski definition) is 3. The van der Waals surface area contributed by atoms with Gasteiger partial charge in [0.1, 0.15) is 5.82 Å². The van der Waals surface area contributed by atoms with Crippen LogP contribution in [0.2, 0.25) is 0 Å². The summed E-state index contributed by atoms with van der Waals surface area (Å²) in [7, 11) is 0. The highest BCUT2D eigenvalue weighted by Gasteiger charge is 2.17.